The van der Waals surface area contributed by atoms with Gasteiger partial charge in [-0.1, -0.05) is 13.8 Å². The van der Waals surface area contributed by atoms with Crippen molar-refractivity contribution in [2.75, 3.05) is 72.7 Å². The quantitative estimate of drug-likeness (QED) is 0.0840. The van der Waals surface area contributed by atoms with Gasteiger partial charge in [0.2, 0.25) is 0 Å². The van der Waals surface area contributed by atoms with Crippen LogP contribution in [0.2, 0.25) is 0 Å². The molecule has 1 aromatic rings. The minimum absolute atomic E-state index is 0.0790. The molecule has 0 aliphatic carbocycles. The van der Waals surface area contributed by atoms with Gasteiger partial charge in [0, 0.05) is 17.6 Å². The maximum atomic E-state index is 10.00. The zero-order valence-corrected chi connectivity index (χ0v) is 27.5. The normalized spacial score (nSPS) is 15.9. The van der Waals surface area contributed by atoms with Gasteiger partial charge in [0.1, 0.15) is 17.9 Å². The monoisotopic (exact) mass is 621 g/mol. The second kappa shape index (κ2) is 20.1. The molecule has 0 radical (unpaired) electrons. The molecule has 1 aromatic heterocycles. The maximum Gasteiger partial charge on any atom is 0.121 e. The van der Waals surface area contributed by atoms with Crippen LogP contribution in [-0.4, -0.2) is 117 Å². The molecule has 1 rings (SSSR count). The van der Waals surface area contributed by atoms with Crippen molar-refractivity contribution in [3.8, 4) is 0 Å². The Morgan fingerprint density at radius 3 is 1.88 bits per heavy atom. The number of hydrogen-bond donors (Lipinski definition) is 4. The third kappa shape index (κ3) is 18.4. The summed E-state index contributed by atoms with van der Waals surface area (Å²) in [5.74, 6) is 0. The molecule has 12 heteroatoms. The molecule has 0 aromatic carbocycles. The second-order valence-electron chi connectivity index (χ2n) is 12.9. The molecule has 0 saturated heterocycles. The number of aliphatic hydroxyl groups excluding tert-OH is 3. The zero-order chi connectivity index (χ0) is 32.4. The Balaban J connectivity index is 2.24. The topological polar surface area (TPSA) is 164 Å². The van der Waals surface area contributed by atoms with Gasteiger partial charge in [-0.25, -0.2) is 0 Å². The van der Waals surface area contributed by atoms with Gasteiger partial charge < -0.3 is 58.6 Å². The van der Waals surface area contributed by atoms with Crippen LogP contribution in [0.1, 0.15) is 66.9 Å². The standard InChI is InChI=1S/C31H59NO11/c1-28(2,24-43-30(5,6)9-13-37-20-26(34)21-38-15-11-33)31(7,32)42-14-10-29(3,4)41-17-16-39-22-27(35)23-40-19-25-8-12-36-18-25/h8,12,18,26-27,33-35H,9-11,13-17,19-24,32H2,1-7H3. The van der Waals surface area contributed by atoms with E-state index in [1.54, 1.807) is 12.5 Å². The summed E-state index contributed by atoms with van der Waals surface area (Å²) in [6.45, 7) is 16.9. The van der Waals surface area contributed by atoms with E-state index in [9.17, 15) is 10.2 Å². The molecule has 0 aliphatic heterocycles. The molecule has 12 nitrogen and oxygen atoms in total. The molecule has 0 aliphatic rings. The van der Waals surface area contributed by atoms with Crippen molar-refractivity contribution in [1.82, 2.24) is 0 Å². The highest BCUT2D eigenvalue weighted by molar-refractivity contribution is 5.03. The van der Waals surface area contributed by atoms with Crippen LogP contribution in [-0.2, 0) is 39.8 Å². The number of aliphatic hydroxyl groups is 3. The molecular weight excluding hydrogens is 562 g/mol. The van der Waals surface area contributed by atoms with Gasteiger partial charge in [-0.05, 0) is 53.5 Å². The van der Waals surface area contributed by atoms with Gasteiger partial charge in [-0.2, -0.15) is 0 Å². The van der Waals surface area contributed by atoms with Crippen LogP contribution in [0.25, 0.3) is 0 Å². The van der Waals surface area contributed by atoms with Crippen molar-refractivity contribution in [2.24, 2.45) is 11.1 Å². The summed E-state index contributed by atoms with van der Waals surface area (Å²) in [7, 11) is 0. The Labute approximate surface area is 258 Å². The third-order valence-electron chi connectivity index (χ3n) is 7.17. The van der Waals surface area contributed by atoms with Crippen LogP contribution in [0.4, 0.5) is 0 Å². The van der Waals surface area contributed by atoms with Crippen molar-refractivity contribution >= 4 is 0 Å². The predicted octanol–water partition coefficient (Wildman–Crippen LogP) is 2.65. The van der Waals surface area contributed by atoms with Crippen LogP contribution in [0, 0.1) is 5.41 Å². The van der Waals surface area contributed by atoms with E-state index in [0.29, 0.717) is 52.5 Å². The second-order valence-corrected chi connectivity index (χ2v) is 12.9. The van der Waals surface area contributed by atoms with Crippen molar-refractivity contribution in [3.05, 3.63) is 24.2 Å². The number of ether oxygens (including phenoxy) is 7. The number of rotatable bonds is 27. The number of furan rings is 1. The summed E-state index contributed by atoms with van der Waals surface area (Å²) < 4.78 is 44.9. The lowest BCUT2D eigenvalue weighted by molar-refractivity contribution is -0.165. The lowest BCUT2D eigenvalue weighted by Gasteiger charge is -2.43. The Hall–Kier alpha value is -1.16. The maximum absolute atomic E-state index is 10.00. The molecular formula is C31H59NO11. The molecule has 0 fully saturated rings. The van der Waals surface area contributed by atoms with E-state index in [1.165, 1.54) is 0 Å². The highest BCUT2D eigenvalue weighted by atomic mass is 16.6. The molecule has 43 heavy (non-hydrogen) atoms. The lowest BCUT2D eigenvalue weighted by atomic mass is 9.83. The summed E-state index contributed by atoms with van der Waals surface area (Å²) in [6.07, 6.45) is 2.98. The Morgan fingerprint density at radius 2 is 1.28 bits per heavy atom. The van der Waals surface area contributed by atoms with Crippen LogP contribution in [0.5, 0.6) is 0 Å². The first-order valence-corrected chi connectivity index (χ1v) is 15.1. The lowest BCUT2D eigenvalue weighted by Crippen LogP contribution is -2.55. The van der Waals surface area contributed by atoms with E-state index in [4.69, 9.17) is 48.4 Å². The van der Waals surface area contributed by atoms with Crippen molar-refractivity contribution < 1.29 is 52.9 Å². The predicted molar refractivity (Wildman–Crippen MR) is 162 cm³/mol. The molecule has 254 valence electrons. The molecule has 0 amide bonds. The van der Waals surface area contributed by atoms with Crippen molar-refractivity contribution in [1.29, 1.82) is 0 Å². The number of nitrogens with two attached hydrogens (primary N) is 1. The summed E-state index contributed by atoms with van der Waals surface area (Å²) in [6, 6.07) is 1.81. The Morgan fingerprint density at radius 1 is 0.721 bits per heavy atom. The summed E-state index contributed by atoms with van der Waals surface area (Å²) in [5.41, 5.74) is 5.16. The fraction of sp³-hybridized carbons (Fsp3) is 0.871. The third-order valence-corrected chi connectivity index (χ3v) is 7.17. The van der Waals surface area contributed by atoms with Crippen LogP contribution in [0.3, 0.4) is 0 Å². The number of hydrogen-bond acceptors (Lipinski definition) is 12. The molecule has 3 atom stereocenters. The fourth-order valence-electron chi connectivity index (χ4n) is 3.57. The van der Waals surface area contributed by atoms with Crippen molar-refractivity contribution in [3.63, 3.8) is 0 Å². The van der Waals surface area contributed by atoms with E-state index in [-0.39, 0.29) is 39.6 Å². The summed E-state index contributed by atoms with van der Waals surface area (Å²) in [5, 5.41) is 28.6. The first-order valence-electron chi connectivity index (χ1n) is 15.1. The average molecular weight is 622 g/mol. The Kier molecular flexibility index (Phi) is 18.6. The first kappa shape index (κ1) is 39.9. The Bertz CT molecular complexity index is 815. The molecule has 0 saturated carbocycles. The minimum atomic E-state index is -0.951. The highest BCUT2D eigenvalue weighted by Crippen LogP contribution is 2.33. The van der Waals surface area contributed by atoms with Gasteiger partial charge >= 0.3 is 0 Å². The summed E-state index contributed by atoms with van der Waals surface area (Å²) in [4.78, 5) is 0. The van der Waals surface area contributed by atoms with Gasteiger partial charge in [-0.15, -0.1) is 0 Å². The van der Waals surface area contributed by atoms with E-state index in [2.05, 4.69) is 0 Å². The molecule has 1 heterocycles. The van der Waals surface area contributed by atoms with Gasteiger partial charge in [0.25, 0.3) is 0 Å². The molecule has 3 unspecified atom stereocenters. The zero-order valence-electron chi connectivity index (χ0n) is 27.5. The average Bonchev–Trinajstić information content (AvgIpc) is 3.43. The largest absolute Gasteiger partial charge is 0.472 e. The van der Waals surface area contributed by atoms with Crippen LogP contribution >= 0.6 is 0 Å². The minimum Gasteiger partial charge on any atom is -0.472 e. The molecule has 0 bridgehead atoms. The first-order chi connectivity index (χ1) is 20.1. The SMILES string of the molecule is CC(C)(CCOC(C)(N)C(C)(C)COC(C)(C)CCOCC(O)COCCO)OCCOCC(O)COCc1ccoc1. The van der Waals surface area contributed by atoms with Gasteiger partial charge in [0.05, 0.1) is 96.4 Å². The summed E-state index contributed by atoms with van der Waals surface area (Å²) >= 11 is 0. The molecule has 5 N–H and O–H groups in total. The van der Waals surface area contributed by atoms with Crippen LogP contribution < -0.4 is 5.73 Å². The highest BCUT2D eigenvalue weighted by Gasteiger charge is 2.40. The van der Waals surface area contributed by atoms with Gasteiger partial charge in [0.15, 0.2) is 0 Å². The molecule has 0 spiro atoms. The smallest absolute Gasteiger partial charge is 0.121 e. The van der Waals surface area contributed by atoms with E-state index < -0.39 is 34.6 Å². The van der Waals surface area contributed by atoms with E-state index in [1.807, 2.05) is 54.5 Å². The van der Waals surface area contributed by atoms with E-state index in [0.717, 1.165) is 5.56 Å². The van der Waals surface area contributed by atoms with Gasteiger partial charge in [-0.3, -0.25) is 0 Å². The van der Waals surface area contributed by atoms with Crippen LogP contribution in [0.15, 0.2) is 23.0 Å². The van der Waals surface area contributed by atoms with Crippen molar-refractivity contribution in [2.45, 2.75) is 97.0 Å². The van der Waals surface area contributed by atoms with E-state index >= 15 is 0 Å². The fourth-order valence-corrected chi connectivity index (χ4v) is 3.57.